The van der Waals surface area contributed by atoms with Crippen LogP contribution < -0.4 is 0 Å². The zero-order valence-electron chi connectivity index (χ0n) is 7.76. The molecule has 0 fully saturated rings. The zero-order chi connectivity index (χ0) is 8.85. The normalized spacial score (nSPS) is 13.5. The third-order valence-electron chi connectivity index (χ3n) is 1.63. The van der Waals surface area contributed by atoms with E-state index >= 15 is 0 Å². The molecule has 0 aromatic rings. The molecular formula is C8H17NO2. The minimum atomic E-state index is 0.190. The molecule has 66 valence electrons. The van der Waals surface area contributed by atoms with Gasteiger partial charge in [-0.1, -0.05) is 0 Å². The molecule has 0 spiro atoms. The highest BCUT2D eigenvalue weighted by molar-refractivity contribution is 5.77. The summed E-state index contributed by atoms with van der Waals surface area (Å²) in [6.45, 7) is 4.80. The molecule has 0 aliphatic carbocycles. The Morgan fingerprint density at radius 3 is 2.55 bits per heavy atom. The maximum Gasteiger partial charge on any atom is 0.143 e. The second kappa shape index (κ2) is 5.27. The van der Waals surface area contributed by atoms with Gasteiger partial charge in [-0.2, -0.15) is 0 Å². The second-order valence-electron chi connectivity index (χ2n) is 2.92. The van der Waals surface area contributed by atoms with Gasteiger partial charge in [-0.25, -0.2) is 0 Å². The van der Waals surface area contributed by atoms with Crippen LogP contribution in [0.5, 0.6) is 0 Å². The maximum absolute atomic E-state index is 10.7. The van der Waals surface area contributed by atoms with Crippen LogP contribution in [0.1, 0.15) is 13.8 Å². The first-order chi connectivity index (χ1) is 5.07. The van der Waals surface area contributed by atoms with Crippen LogP contribution in [0.3, 0.4) is 0 Å². The van der Waals surface area contributed by atoms with Crippen LogP contribution in [0.4, 0.5) is 0 Å². The Balaban J connectivity index is 3.63. The number of nitrogens with zero attached hydrogens (tertiary/aromatic N) is 1. The van der Waals surface area contributed by atoms with Crippen LogP contribution in [0.15, 0.2) is 0 Å². The number of methoxy groups -OCH3 is 1. The van der Waals surface area contributed by atoms with Crippen molar-refractivity contribution in [2.45, 2.75) is 19.9 Å². The summed E-state index contributed by atoms with van der Waals surface area (Å²) in [6.07, 6.45) is 0. The number of rotatable bonds is 5. The fourth-order valence-corrected chi connectivity index (χ4v) is 0.875. The van der Waals surface area contributed by atoms with Crippen molar-refractivity contribution in [1.82, 2.24) is 4.90 Å². The molecule has 11 heavy (non-hydrogen) atoms. The van der Waals surface area contributed by atoms with E-state index in [9.17, 15) is 4.79 Å². The molecule has 0 bridgehead atoms. The largest absolute Gasteiger partial charge is 0.383 e. The van der Waals surface area contributed by atoms with Gasteiger partial charge in [0.2, 0.25) is 0 Å². The summed E-state index contributed by atoms with van der Waals surface area (Å²) in [5, 5.41) is 0. The van der Waals surface area contributed by atoms with E-state index in [0.29, 0.717) is 19.2 Å². The highest BCUT2D eigenvalue weighted by Gasteiger charge is 2.09. The molecule has 0 rings (SSSR count). The highest BCUT2D eigenvalue weighted by Crippen LogP contribution is 1.94. The molecule has 0 radical (unpaired) electrons. The Kier molecular flexibility index (Phi) is 5.07. The van der Waals surface area contributed by atoms with Gasteiger partial charge in [-0.3, -0.25) is 9.69 Å². The van der Waals surface area contributed by atoms with E-state index in [1.165, 1.54) is 0 Å². The van der Waals surface area contributed by atoms with Crippen molar-refractivity contribution in [3.63, 3.8) is 0 Å². The van der Waals surface area contributed by atoms with Gasteiger partial charge in [0.05, 0.1) is 13.2 Å². The summed E-state index contributed by atoms with van der Waals surface area (Å²) >= 11 is 0. The fourth-order valence-electron chi connectivity index (χ4n) is 0.875. The lowest BCUT2D eigenvalue weighted by molar-refractivity contribution is -0.118. The smallest absolute Gasteiger partial charge is 0.143 e. The standard InChI is InChI=1S/C8H17NO2/c1-7(6-11-4)9(3)5-8(2)10/h7H,5-6H2,1-4H3. The van der Waals surface area contributed by atoms with Gasteiger partial charge in [0.15, 0.2) is 0 Å². The van der Waals surface area contributed by atoms with Crippen LogP contribution in [0, 0.1) is 0 Å². The van der Waals surface area contributed by atoms with E-state index in [1.54, 1.807) is 14.0 Å². The summed E-state index contributed by atoms with van der Waals surface area (Å²) in [7, 11) is 3.59. The molecule has 0 amide bonds. The van der Waals surface area contributed by atoms with Gasteiger partial charge in [-0.05, 0) is 20.9 Å². The van der Waals surface area contributed by atoms with Crippen LogP contribution in [0.25, 0.3) is 0 Å². The lowest BCUT2D eigenvalue weighted by Crippen LogP contribution is -2.35. The minimum Gasteiger partial charge on any atom is -0.383 e. The minimum absolute atomic E-state index is 0.190. The van der Waals surface area contributed by atoms with Crippen LogP contribution in [-0.4, -0.2) is 44.0 Å². The van der Waals surface area contributed by atoms with E-state index in [1.807, 2.05) is 18.9 Å². The van der Waals surface area contributed by atoms with Crippen molar-refractivity contribution < 1.29 is 9.53 Å². The molecule has 0 aliphatic rings. The molecule has 1 unspecified atom stereocenters. The van der Waals surface area contributed by atoms with E-state index < -0.39 is 0 Å². The zero-order valence-corrected chi connectivity index (χ0v) is 7.76. The SMILES string of the molecule is COCC(C)N(C)CC(C)=O. The van der Waals surface area contributed by atoms with E-state index in [4.69, 9.17) is 4.74 Å². The number of carbonyl (C=O) groups excluding carboxylic acids is 1. The summed E-state index contributed by atoms with van der Waals surface area (Å²) < 4.78 is 4.95. The van der Waals surface area contributed by atoms with Crippen molar-refractivity contribution in [1.29, 1.82) is 0 Å². The van der Waals surface area contributed by atoms with Crippen molar-refractivity contribution in [3.05, 3.63) is 0 Å². The number of carbonyl (C=O) groups is 1. The Morgan fingerprint density at radius 1 is 1.64 bits per heavy atom. The first-order valence-electron chi connectivity index (χ1n) is 3.76. The summed E-state index contributed by atoms with van der Waals surface area (Å²) in [4.78, 5) is 12.7. The number of Topliss-reactive ketones (excluding diaryl/α,β-unsaturated/α-hetero) is 1. The summed E-state index contributed by atoms with van der Waals surface area (Å²) in [5.74, 6) is 0.190. The van der Waals surface area contributed by atoms with Crippen molar-refractivity contribution in [2.75, 3.05) is 27.3 Å². The third kappa shape index (κ3) is 4.93. The lowest BCUT2D eigenvalue weighted by atomic mass is 10.3. The highest BCUT2D eigenvalue weighted by atomic mass is 16.5. The fraction of sp³-hybridized carbons (Fsp3) is 0.875. The molecule has 0 aliphatic heterocycles. The predicted molar refractivity (Wildman–Crippen MR) is 44.6 cm³/mol. The van der Waals surface area contributed by atoms with Crippen LogP contribution in [0.2, 0.25) is 0 Å². The van der Waals surface area contributed by atoms with E-state index in [0.717, 1.165) is 0 Å². The van der Waals surface area contributed by atoms with Gasteiger partial charge in [0, 0.05) is 13.2 Å². The van der Waals surface area contributed by atoms with Crippen LogP contribution >= 0.6 is 0 Å². The third-order valence-corrected chi connectivity index (χ3v) is 1.63. The van der Waals surface area contributed by atoms with Crippen molar-refractivity contribution in [3.8, 4) is 0 Å². The van der Waals surface area contributed by atoms with E-state index in [2.05, 4.69) is 0 Å². The van der Waals surface area contributed by atoms with Gasteiger partial charge in [0.25, 0.3) is 0 Å². The molecular weight excluding hydrogens is 142 g/mol. The number of likely N-dealkylation sites (N-methyl/N-ethyl adjacent to an activating group) is 1. The molecule has 0 heterocycles. The van der Waals surface area contributed by atoms with Gasteiger partial charge in [-0.15, -0.1) is 0 Å². The molecule has 1 atom stereocenters. The first kappa shape index (κ1) is 10.6. The molecule has 0 aromatic carbocycles. The van der Waals surface area contributed by atoms with Gasteiger partial charge in [0.1, 0.15) is 5.78 Å². The van der Waals surface area contributed by atoms with Crippen molar-refractivity contribution in [2.24, 2.45) is 0 Å². The number of ether oxygens (including phenoxy) is 1. The quantitative estimate of drug-likeness (QED) is 0.586. The topological polar surface area (TPSA) is 29.5 Å². The van der Waals surface area contributed by atoms with E-state index in [-0.39, 0.29) is 5.78 Å². The molecule has 0 saturated carbocycles. The summed E-state index contributed by atoms with van der Waals surface area (Å²) in [5.41, 5.74) is 0. The number of hydrogen-bond donors (Lipinski definition) is 0. The monoisotopic (exact) mass is 159 g/mol. The maximum atomic E-state index is 10.7. The molecule has 3 heteroatoms. The Hall–Kier alpha value is -0.410. The molecule has 0 aromatic heterocycles. The average molecular weight is 159 g/mol. The molecule has 0 saturated heterocycles. The second-order valence-corrected chi connectivity index (χ2v) is 2.92. The number of hydrogen-bond acceptors (Lipinski definition) is 3. The molecule has 3 nitrogen and oxygen atoms in total. The lowest BCUT2D eigenvalue weighted by Gasteiger charge is -2.22. The first-order valence-corrected chi connectivity index (χ1v) is 3.76. The average Bonchev–Trinajstić information content (AvgIpc) is 1.86. The predicted octanol–water partition coefficient (Wildman–Crippen LogP) is 0.542. The Labute approximate surface area is 68.3 Å². The van der Waals surface area contributed by atoms with Crippen LogP contribution in [-0.2, 0) is 9.53 Å². The van der Waals surface area contributed by atoms with Gasteiger partial charge < -0.3 is 4.74 Å². The van der Waals surface area contributed by atoms with Gasteiger partial charge >= 0.3 is 0 Å². The summed E-state index contributed by atoms with van der Waals surface area (Å²) in [6, 6.07) is 0.309. The Morgan fingerprint density at radius 2 is 2.18 bits per heavy atom. The Bertz CT molecular complexity index is 125. The molecule has 0 N–H and O–H groups in total. The van der Waals surface area contributed by atoms with Crippen molar-refractivity contribution >= 4 is 5.78 Å². The number of ketones is 1.